The predicted octanol–water partition coefficient (Wildman–Crippen LogP) is 2.97. The summed E-state index contributed by atoms with van der Waals surface area (Å²) in [5, 5.41) is 3.34. The Morgan fingerprint density at radius 2 is 1.93 bits per heavy atom. The summed E-state index contributed by atoms with van der Waals surface area (Å²) in [6.07, 6.45) is 1.19. The molecule has 0 amide bonds. The molecule has 1 saturated heterocycles. The molecule has 2 rings (SSSR count). The van der Waals surface area contributed by atoms with Crippen LogP contribution in [0.5, 0.6) is 0 Å². The van der Waals surface area contributed by atoms with E-state index < -0.39 is 5.67 Å². The second kappa shape index (κ2) is 3.93. The molecule has 2 heteroatoms. The van der Waals surface area contributed by atoms with E-state index in [2.05, 4.69) is 17.4 Å². The molecular formula is C13H18FN. The van der Waals surface area contributed by atoms with Crippen LogP contribution >= 0.6 is 0 Å². The Labute approximate surface area is 90.7 Å². The molecule has 0 spiro atoms. The quantitative estimate of drug-likeness (QED) is 0.786. The van der Waals surface area contributed by atoms with Crippen molar-refractivity contribution in [2.75, 3.05) is 13.1 Å². The fraction of sp³-hybridized carbons (Fsp3) is 0.538. The van der Waals surface area contributed by atoms with Crippen molar-refractivity contribution < 1.29 is 4.39 Å². The van der Waals surface area contributed by atoms with Crippen molar-refractivity contribution in [3.05, 3.63) is 35.4 Å². The lowest BCUT2D eigenvalue weighted by Crippen LogP contribution is -2.10. The zero-order chi connectivity index (χ0) is 10.9. The van der Waals surface area contributed by atoms with E-state index in [4.69, 9.17) is 0 Å². The molecule has 0 aliphatic carbocycles. The first-order valence-corrected chi connectivity index (χ1v) is 5.57. The van der Waals surface area contributed by atoms with Gasteiger partial charge in [0, 0.05) is 6.54 Å². The van der Waals surface area contributed by atoms with Gasteiger partial charge in [-0.3, -0.25) is 0 Å². The molecule has 0 saturated carbocycles. The van der Waals surface area contributed by atoms with Gasteiger partial charge in [0.2, 0.25) is 0 Å². The molecule has 1 heterocycles. The summed E-state index contributed by atoms with van der Waals surface area (Å²) in [7, 11) is 0. The molecule has 15 heavy (non-hydrogen) atoms. The highest BCUT2D eigenvalue weighted by Gasteiger charge is 2.20. The van der Waals surface area contributed by atoms with Crippen LogP contribution in [0.25, 0.3) is 0 Å². The highest BCUT2D eigenvalue weighted by molar-refractivity contribution is 5.29. The number of nitrogens with one attached hydrogen (secondary N) is 1. The van der Waals surface area contributed by atoms with Crippen molar-refractivity contribution in [3.8, 4) is 0 Å². The Balaban J connectivity index is 2.16. The topological polar surface area (TPSA) is 12.0 Å². The van der Waals surface area contributed by atoms with Crippen molar-refractivity contribution in [1.29, 1.82) is 0 Å². The Kier molecular flexibility index (Phi) is 2.79. The van der Waals surface area contributed by atoms with Crippen LogP contribution in [-0.2, 0) is 5.67 Å². The maximum Gasteiger partial charge on any atom is 0.130 e. The average Bonchev–Trinajstić information content (AvgIpc) is 2.69. The zero-order valence-electron chi connectivity index (χ0n) is 9.39. The van der Waals surface area contributed by atoms with Crippen molar-refractivity contribution in [3.63, 3.8) is 0 Å². The third-order valence-corrected chi connectivity index (χ3v) is 3.13. The molecule has 1 unspecified atom stereocenters. The van der Waals surface area contributed by atoms with Crippen molar-refractivity contribution in [2.24, 2.45) is 0 Å². The van der Waals surface area contributed by atoms with E-state index in [0.29, 0.717) is 5.92 Å². The fourth-order valence-corrected chi connectivity index (χ4v) is 2.09. The van der Waals surface area contributed by atoms with E-state index in [0.717, 1.165) is 18.7 Å². The van der Waals surface area contributed by atoms with E-state index in [9.17, 15) is 4.39 Å². The van der Waals surface area contributed by atoms with Gasteiger partial charge in [0.05, 0.1) is 0 Å². The van der Waals surface area contributed by atoms with Gasteiger partial charge in [-0.15, -0.1) is 0 Å². The SMILES string of the molecule is CC(C)(F)c1ccc(C2CCNC2)cc1. The molecule has 1 fully saturated rings. The summed E-state index contributed by atoms with van der Waals surface area (Å²) in [5.41, 5.74) is 0.858. The summed E-state index contributed by atoms with van der Waals surface area (Å²) in [5.74, 6) is 0.613. The second-order valence-electron chi connectivity index (χ2n) is 4.78. The fourth-order valence-electron chi connectivity index (χ4n) is 2.09. The minimum atomic E-state index is -1.23. The van der Waals surface area contributed by atoms with E-state index in [1.807, 2.05) is 12.1 Å². The molecule has 1 nitrogen and oxygen atoms in total. The normalized spacial score (nSPS) is 21.9. The standard InChI is InChI=1S/C13H18FN/c1-13(2,14)12-5-3-10(4-6-12)11-7-8-15-9-11/h3-6,11,15H,7-9H2,1-2H3. The van der Waals surface area contributed by atoms with E-state index in [1.54, 1.807) is 13.8 Å². The Hall–Kier alpha value is -0.890. The molecule has 1 aromatic carbocycles. The number of hydrogen-bond acceptors (Lipinski definition) is 1. The third-order valence-electron chi connectivity index (χ3n) is 3.13. The van der Waals surface area contributed by atoms with Crippen molar-refractivity contribution in [1.82, 2.24) is 5.32 Å². The van der Waals surface area contributed by atoms with Gasteiger partial charge >= 0.3 is 0 Å². The molecular weight excluding hydrogens is 189 g/mol. The van der Waals surface area contributed by atoms with Gasteiger partial charge in [-0.1, -0.05) is 24.3 Å². The monoisotopic (exact) mass is 207 g/mol. The van der Waals surface area contributed by atoms with Crippen LogP contribution < -0.4 is 5.32 Å². The minimum Gasteiger partial charge on any atom is -0.316 e. The molecule has 0 aromatic heterocycles. The second-order valence-corrected chi connectivity index (χ2v) is 4.78. The van der Waals surface area contributed by atoms with E-state index in [1.165, 1.54) is 12.0 Å². The lowest BCUT2D eigenvalue weighted by molar-refractivity contribution is 0.221. The molecule has 1 aliphatic rings. The van der Waals surface area contributed by atoms with Crippen LogP contribution in [0.1, 0.15) is 37.3 Å². The molecule has 1 atom stereocenters. The Bertz CT molecular complexity index is 317. The van der Waals surface area contributed by atoms with Crippen molar-refractivity contribution >= 4 is 0 Å². The lowest BCUT2D eigenvalue weighted by Gasteiger charge is -2.16. The molecule has 1 N–H and O–H groups in total. The first kappa shape index (κ1) is 10.6. The highest BCUT2D eigenvalue weighted by atomic mass is 19.1. The Morgan fingerprint density at radius 1 is 1.27 bits per heavy atom. The summed E-state index contributed by atoms with van der Waals surface area (Å²) in [6, 6.07) is 7.95. The third kappa shape index (κ3) is 2.37. The summed E-state index contributed by atoms with van der Waals surface area (Å²) >= 11 is 0. The van der Waals surface area contributed by atoms with Crippen LogP contribution in [-0.4, -0.2) is 13.1 Å². The number of hydrogen-bond donors (Lipinski definition) is 1. The lowest BCUT2D eigenvalue weighted by atomic mass is 9.93. The predicted molar refractivity (Wildman–Crippen MR) is 60.8 cm³/mol. The zero-order valence-corrected chi connectivity index (χ0v) is 9.39. The molecule has 0 bridgehead atoms. The van der Waals surface area contributed by atoms with Crippen LogP contribution in [0, 0.1) is 0 Å². The molecule has 1 aliphatic heterocycles. The summed E-state index contributed by atoms with van der Waals surface area (Å²) in [4.78, 5) is 0. The molecule has 82 valence electrons. The van der Waals surface area contributed by atoms with Crippen LogP contribution in [0.2, 0.25) is 0 Å². The van der Waals surface area contributed by atoms with Crippen molar-refractivity contribution in [2.45, 2.75) is 31.9 Å². The maximum atomic E-state index is 13.6. The van der Waals surface area contributed by atoms with Gasteiger partial charge in [0.15, 0.2) is 0 Å². The van der Waals surface area contributed by atoms with E-state index in [-0.39, 0.29) is 0 Å². The van der Waals surface area contributed by atoms with Gasteiger partial charge in [-0.2, -0.15) is 0 Å². The summed E-state index contributed by atoms with van der Waals surface area (Å²) < 4.78 is 13.6. The van der Waals surface area contributed by atoms with Gasteiger partial charge in [-0.25, -0.2) is 4.39 Å². The highest BCUT2D eigenvalue weighted by Crippen LogP contribution is 2.28. The first-order valence-electron chi connectivity index (χ1n) is 5.57. The van der Waals surface area contributed by atoms with E-state index >= 15 is 0 Å². The van der Waals surface area contributed by atoms with Gasteiger partial charge in [0.25, 0.3) is 0 Å². The summed E-state index contributed by atoms with van der Waals surface area (Å²) in [6.45, 7) is 5.34. The molecule has 0 radical (unpaired) electrons. The van der Waals surface area contributed by atoms with Gasteiger partial charge < -0.3 is 5.32 Å². The maximum absolute atomic E-state index is 13.6. The van der Waals surface area contributed by atoms with Crippen LogP contribution in [0.15, 0.2) is 24.3 Å². The largest absolute Gasteiger partial charge is 0.316 e. The Morgan fingerprint density at radius 3 is 2.40 bits per heavy atom. The molecule has 1 aromatic rings. The van der Waals surface area contributed by atoms with Gasteiger partial charge in [-0.05, 0) is 43.9 Å². The van der Waals surface area contributed by atoms with Gasteiger partial charge in [0.1, 0.15) is 5.67 Å². The number of halogens is 1. The number of alkyl halides is 1. The smallest absolute Gasteiger partial charge is 0.130 e. The van der Waals surface area contributed by atoms with Crippen LogP contribution in [0.3, 0.4) is 0 Å². The average molecular weight is 207 g/mol. The number of benzene rings is 1. The minimum absolute atomic E-state index is 0.613. The van der Waals surface area contributed by atoms with Crippen LogP contribution in [0.4, 0.5) is 4.39 Å². The number of rotatable bonds is 2. The first-order chi connectivity index (χ1) is 7.07.